The van der Waals surface area contributed by atoms with Crippen molar-refractivity contribution in [2.75, 3.05) is 7.05 Å². The molecule has 0 aliphatic rings. The van der Waals surface area contributed by atoms with Crippen molar-refractivity contribution >= 4 is 28.5 Å². The second-order valence-electron chi connectivity index (χ2n) is 5.47. The summed E-state index contributed by atoms with van der Waals surface area (Å²) in [4.78, 5) is 14.3. The van der Waals surface area contributed by atoms with Crippen LogP contribution in [-0.2, 0) is 11.3 Å². The summed E-state index contributed by atoms with van der Waals surface area (Å²) in [5.41, 5.74) is 2.63. The Balaban J connectivity index is 1.77. The van der Waals surface area contributed by atoms with Crippen molar-refractivity contribution in [2.24, 2.45) is 0 Å². The zero-order valence-corrected chi connectivity index (χ0v) is 13.7. The third-order valence-corrected chi connectivity index (χ3v) is 4.25. The summed E-state index contributed by atoms with van der Waals surface area (Å²) in [6.45, 7) is 2.13. The molecule has 118 valence electrons. The molecule has 0 N–H and O–H groups in total. The molecule has 1 heterocycles. The zero-order chi connectivity index (χ0) is 16.4. The van der Waals surface area contributed by atoms with Crippen LogP contribution in [-0.4, -0.2) is 32.8 Å². The molecule has 1 unspecified atom stereocenters. The summed E-state index contributed by atoms with van der Waals surface area (Å²) < 4.78 is 1.62. The Bertz CT molecular complexity index is 845. The number of carbonyl (C=O) groups is 1. The summed E-state index contributed by atoms with van der Waals surface area (Å²) in [7, 11) is 1.78. The number of benzene rings is 2. The quantitative estimate of drug-likeness (QED) is 0.738. The number of hydrogen-bond donors (Lipinski definition) is 0. The average Bonchev–Trinajstić information content (AvgIpc) is 2.96. The van der Waals surface area contributed by atoms with Crippen molar-refractivity contribution in [2.45, 2.75) is 19.5 Å². The minimum atomic E-state index is -0.0732. The van der Waals surface area contributed by atoms with Crippen LogP contribution >= 0.6 is 11.6 Å². The van der Waals surface area contributed by atoms with E-state index in [2.05, 4.69) is 10.3 Å². The van der Waals surface area contributed by atoms with Crippen LogP contribution in [0.4, 0.5) is 0 Å². The van der Waals surface area contributed by atoms with Gasteiger partial charge in [-0.2, -0.15) is 0 Å². The molecule has 1 aromatic heterocycles. The molecule has 23 heavy (non-hydrogen) atoms. The molecule has 3 aromatic rings. The predicted octanol–water partition coefficient (Wildman–Crippen LogP) is 3.30. The molecule has 0 aliphatic carbocycles. The van der Waals surface area contributed by atoms with Crippen molar-refractivity contribution in [3.05, 3.63) is 59.1 Å². The molecule has 0 aliphatic heterocycles. The molecular weight excluding hydrogens is 312 g/mol. The van der Waals surface area contributed by atoms with E-state index in [4.69, 9.17) is 11.6 Å². The first-order valence-corrected chi connectivity index (χ1v) is 7.73. The topological polar surface area (TPSA) is 51.0 Å². The van der Waals surface area contributed by atoms with Crippen molar-refractivity contribution in [1.82, 2.24) is 19.9 Å². The fourth-order valence-corrected chi connectivity index (χ4v) is 2.68. The molecule has 2 aromatic carbocycles. The highest BCUT2D eigenvalue weighted by molar-refractivity contribution is 6.30. The molecule has 1 amide bonds. The van der Waals surface area contributed by atoms with Gasteiger partial charge in [-0.15, -0.1) is 5.10 Å². The number of fused-ring (bicyclic) bond motifs is 1. The van der Waals surface area contributed by atoms with E-state index in [-0.39, 0.29) is 18.5 Å². The lowest BCUT2D eigenvalue weighted by molar-refractivity contribution is -0.132. The van der Waals surface area contributed by atoms with Crippen LogP contribution in [0.3, 0.4) is 0 Å². The molecule has 0 spiro atoms. The number of carbonyl (C=O) groups excluding carboxylic acids is 1. The molecule has 3 rings (SSSR count). The maximum absolute atomic E-state index is 12.6. The van der Waals surface area contributed by atoms with Gasteiger partial charge in [-0.25, -0.2) is 4.68 Å². The summed E-state index contributed by atoms with van der Waals surface area (Å²) in [5, 5.41) is 8.80. The molecule has 5 nitrogen and oxygen atoms in total. The van der Waals surface area contributed by atoms with Crippen LogP contribution in [0.2, 0.25) is 5.02 Å². The molecule has 0 bridgehead atoms. The summed E-state index contributed by atoms with van der Waals surface area (Å²) in [6, 6.07) is 15.1. The predicted molar refractivity (Wildman–Crippen MR) is 90.2 cm³/mol. The fourth-order valence-electron chi connectivity index (χ4n) is 2.48. The number of amides is 1. The second kappa shape index (κ2) is 6.38. The summed E-state index contributed by atoms with van der Waals surface area (Å²) in [5.74, 6) is -0.0341. The Kier molecular flexibility index (Phi) is 4.30. The third-order valence-electron chi connectivity index (χ3n) is 4.01. The van der Waals surface area contributed by atoms with E-state index >= 15 is 0 Å². The maximum Gasteiger partial charge on any atom is 0.244 e. The van der Waals surface area contributed by atoms with Crippen LogP contribution in [0.15, 0.2) is 48.5 Å². The van der Waals surface area contributed by atoms with Gasteiger partial charge >= 0.3 is 0 Å². The smallest absolute Gasteiger partial charge is 0.244 e. The summed E-state index contributed by atoms with van der Waals surface area (Å²) >= 11 is 6.03. The third kappa shape index (κ3) is 3.19. The van der Waals surface area contributed by atoms with Gasteiger partial charge in [-0.3, -0.25) is 4.79 Å². The van der Waals surface area contributed by atoms with Gasteiger partial charge in [0, 0.05) is 12.1 Å². The van der Waals surface area contributed by atoms with E-state index in [0.717, 1.165) is 16.6 Å². The van der Waals surface area contributed by atoms with E-state index in [0.29, 0.717) is 5.02 Å². The number of rotatable bonds is 4. The van der Waals surface area contributed by atoms with Crippen LogP contribution in [0.1, 0.15) is 18.5 Å². The highest BCUT2D eigenvalue weighted by atomic mass is 35.5. The number of nitrogens with zero attached hydrogens (tertiary/aromatic N) is 4. The van der Waals surface area contributed by atoms with E-state index in [1.165, 1.54) is 0 Å². The van der Waals surface area contributed by atoms with Crippen LogP contribution in [0.5, 0.6) is 0 Å². The van der Waals surface area contributed by atoms with Crippen molar-refractivity contribution < 1.29 is 4.79 Å². The zero-order valence-electron chi connectivity index (χ0n) is 13.0. The number of halogens is 1. The lowest BCUT2D eigenvalue weighted by Crippen LogP contribution is -2.32. The van der Waals surface area contributed by atoms with Crippen LogP contribution in [0, 0.1) is 0 Å². The molecular formula is C17H17ClN4O. The molecule has 6 heteroatoms. The highest BCUT2D eigenvalue weighted by Crippen LogP contribution is 2.22. The van der Waals surface area contributed by atoms with Gasteiger partial charge in [-0.1, -0.05) is 41.1 Å². The molecule has 0 radical (unpaired) electrons. The number of hydrogen-bond acceptors (Lipinski definition) is 3. The van der Waals surface area contributed by atoms with E-state index < -0.39 is 0 Å². The standard InChI is InChI=1S/C17H17ClN4O/c1-12(13-6-5-7-14(18)10-13)21(2)17(23)11-22-16-9-4-3-8-15(16)19-20-22/h3-10,12H,11H2,1-2H3. The maximum atomic E-state index is 12.6. The second-order valence-corrected chi connectivity index (χ2v) is 5.91. The number of likely N-dealkylation sites (N-methyl/N-ethyl adjacent to an activating group) is 1. The van der Waals surface area contributed by atoms with Gasteiger partial charge in [0.1, 0.15) is 12.1 Å². The largest absolute Gasteiger partial charge is 0.337 e. The van der Waals surface area contributed by atoms with Gasteiger partial charge in [0.15, 0.2) is 0 Å². The first-order valence-electron chi connectivity index (χ1n) is 7.35. The average molecular weight is 329 g/mol. The molecule has 1 atom stereocenters. The Labute approximate surface area is 139 Å². The Morgan fingerprint density at radius 3 is 2.83 bits per heavy atom. The minimum absolute atomic E-state index is 0.0341. The normalized spacial score (nSPS) is 12.3. The first-order chi connectivity index (χ1) is 11.1. The lowest BCUT2D eigenvalue weighted by Gasteiger charge is -2.25. The Hall–Kier alpha value is -2.40. The van der Waals surface area contributed by atoms with Gasteiger partial charge in [0.25, 0.3) is 0 Å². The fraction of sp³-hybridized carbons (Fsp3) is 0.235. The molecule has 0 saturated carbocycles. The molecule has 0 fully saturated rings. The minimum Gasteiger partial charge on any atom is -0.337 e. The van der Waals surface area contributed by atoms with Crippen molar-refractivity contribution in [3.63, 3.8) is 0 Å². The SMILES string of the molecule is CC(c1cccc(Cl)c1)N(C)C(=O)Cn1nnc2ccccc21. The molecule has 0 saturated heterocycles. The van der Waals surface area contributed by atoms with E-state index in [1.54, 1.807) is 16.6 Å². The van der Waals surface area contributed by atoms with Gasteiger partial charge < -0.3 is 4.90 Å². The van der Waals surface area contributed by atoms with E-state index in [1.807, 2.05) is 55.5 Å². The van der Waals surface area contributed by atoms with Crippen molar-refractivity contribution in [3.8, 4) is 0 Å². The number of aromatic nitrogens is 3. The van der Waals surface area contributed by atoms with E-state index in [9.17, 15) is 4.79 Å². The van der Waals surface area contributed by atoms with Gasteiger partial charge in [0.2, 0.25) is 5.91 Å². The van der Waals surface area contributed by atoms with Crippen molar-refractivity contribution in [1.29, 1.82) is 0 Å². The Morgan fingerprint density at radius 1 is 1.26 bits per heavy atom. The lowest BCUT2D eigenvalue weighted by atomic mass is 10.1. The van der Waals surface area contributed by atoms with Crippen LogP contribution < -0.4 is 0 Å². The van der Waals surface area contributed by atoms with Gasteiger partial charge in [0.05, 0.1) is 11.6 Å². The first kappa shape index (κ1) is 15.5. The van der Waals surface area contributed by atoms with Gasteiger partial charge in [-0.05, 0) is 36.8 Å². The highest BCUT2D eigenvalue weighted by Gasteiger charge is 2.19. The monoisotopic (exact) mass is 328 g/mol. The van der Waals surface area contributed by atoms with Crippen LogP contribution in [0.25, 0.3) is 11.0 Å². The summed E-state index contributed by atoms with van der Waals surface area (Å²) in [6.07, 6.45) is 0. The number of para-hydroxylation sites is 1. The Morgan fingerprint density at radius 2 is 2.04 bits per heavy atom.